The van der Waals surface area contributed by atoms with Gasteiger partial charge in [-0.15, -0.1) is 0 Å². The molecular formula is C23H30FN3. The molecule has 0 aliphatic rings. The van der Waals surface area contributed by atoms with Gasteiger partial charge in [0.05, 0.1) is 0 Å². The van der Waals surface area contributed by atoms with E-state index in [2.05, 4.69) is 78.3 Å². The van der Waals surface area contributed by atoms with Crippen molar-refractivity contribution in [3.05, 3.63) is 89.7 Å². The van der Waals surface area contributed by atoms with Gasteiger partial charge in [0.2, 0.25) is 0 Å². The molecule has 144 valence electrons. The molecule has 0 radical (unpaired) electrons. The second-order valence-electron chi connectivity index (χ2n) is 5.99. The van der Waals surface area contributed by atoms with Gasteiger partial charge in [0, 0.05) is 38.2 Å². The molecule has 3 nitrogen and oxygen atoms in total. The number of benzene rings is 3. The van der Waals surface area contributed by atoms with E-state index in [1.807, 2.05) is 14.1 Å². The van der Waals surface area contributed by atoms with Crippen molar-refractivity contribution in [2.24, 2.45) is 0 Å². The molecule has 0 saturated carbocycles. The van der Waals surface area contributed by atoms with Crippen LogP contribution in [0.3, 0.4) is 0 Å². The van der Waals surface area contributed by atoms with Gasteiger partial charge in [0.25, 0.3) is 0 Å². The second-order valence-corrected chi connectivity index (χ2v) is 5.99. The fourth-order valence-electron chi connectivity index (χ4n) is 2.06. The lowest BCUT2D eigenvalue weighted by atomic mass is 10.2. The smallest absolute Gasteiger partial charge is 0.123 e. The number of hydrogen-bond donors (Lipinski definition) is 3. The molecule has 0 amide bonds. The van der Waals surface area contributed by atoms with Crippen LogP contribution in [0.1, 0.15) is 11.1 Å². The highest BCUT2D eigenvalue weighted by Crippen LogP contribution is 2.07. The third-order valence-electron chi connectivity index (χ3n) is 3.81. The quantitative estimate of drug-likeness (QED) is 0.536. The van der Waals surface area contributed by atoms with Crippen molar-refractivity contribution in [3.63, 3.8) is 0 Å². The molecule has 0 aromatic heterocycles. The normalized spacial score (nSPS) is 9.11. The molecule has 3 aromatic rings. The molecule has 0 atom stereocenters. The van der Waals surface area contributed by atoms with E-state index in [4.69, 9.17) is 0 Å². The van der Waals surface area contributed by atoms with E-state index in [1.54, 1.807) is 19.2 Å². The molecule has 0 aliphatic heterocycles. The minimum atomic E-state index is -0.200. The molecule has 0 aliphatic carbocycles. The van der Waals surface area contributed by atoms with Gasteiger partial charge >= 0.3 is 0 Å². The molecule has 27 heavy (non-hydrogen) atoms. The first-order valence-electron chi connectivity index (χ1n) is 8.90. The van der Waals surface area contributed by atoms with Crippen LogP contribution in [0, 0.1) is 19.7 Å². The zero-order valence-electron chi connectivity index (χ0n) is 16.8. The molecule has 3 rings (SSSR count). The van der Waals surface area contributed by atoms with E-state index < -0.39 is 0 Å². The fraction of sp³-hybridized carbons (Fsp3) is 0.217. The lowest BCUT2D eigenvalue weighted by Crippen LogP contribution is -1.86. The Hall–Kier alpha value is -3.01. The highest BCUT2D eigenvalue weighted by atomic mass is 19.1. The van der Waals surface area contributed by atoms with Crippen molar-refractivity contribution >= 4 is 17.1 Å². The predicted molar refractivity (Wildman–Crippen MR) is 117 cm³/mol. The molecule has 0 spiro atoms. The Labute approximate surface area is 162 Å². The van der Waals surface area contributed by atoms with Gasteiger partial charge in [-0.25, -0.2) is 4.39 Å². The van der Waals surface area contributed by atoms with Gasteiger partial charge in [0.1, 0.15) is 5.82 Å². The maximum Gasteiger partial charge on any atom is 0.123 e. The molecule has 0 saturated heterocycles. The van der Waals surface area contributed by atoms with Crippen LogP contribution in [0.15, 0.2) is 72.8 Å². The maximum atomic E-state index is 12.2. The Morgan fingerprint density at radius 1 is 0.481 bits per heavy atom. The minimum absolute atomic E-state index is 0.200. The van der Waals surface area contributed by atoms with Crippen LogP contribution < -0.4 is 16.0 Å². The molecule has 3 N–H and O–H groups in total. The summed E-state index contributed by atoms with van der Waals surface area (Å²) in [6, 6.07) is 22.8. The highest BCUT2D eigenvalue weighted by molar-refractivity contribution is 5.44. The Morgan fingerprint density at radius 3 is 1.00 bits per heavy atom. The summed E-state index contributed by atoms with van der Waals surface area (Å²) in [5, 5.41) is 9.00. The largest absolute Gasteiger partial charge is 0.388 e. The summed E-state index contributed by atoms with van der Waals surface area (Å²) >= 11 is 0. The van der Waals surface area contributed by atoms with Crippen LogP contribution in [0.2, 0.25) is 0 Å². The summed E-state index contributed by atoms with van der Waals surface area (Å²) in [5.74, 6) is -0.200. The van der Waals surface area contributed by atoms with Crippen LogP contribution in [-0.2, 0) is 0 Å². The van der Waals surface area contributed by atoms with Gasteiger partial charge in [-0.2, -0.15) is 0 Å². The topological polar surface area (TPSA) is 36.1 Å². The van der Waals surface area contributed by atoms with Crippen molar-refractivity contribution in [3.8, 4) is 0 Å². The fourth-order valence-corrected chi connectivity index (χ4v) is 2.06. The van der Waals surface area contributed by atoms with Crippen LogP contribution in [0.5, 0.6) is 0 Å². The molecule has 4 heteroatoms. The lowest BCUT2D eigenvalue weighted by Gasteiger charge is -1.97. The van der Waals surface area contributed by atoms with Gasteiger partial charge < -0.3 is 16.0 Å². The van der Waals surface area contributed by atoms with E-state index >= 15 is 0 Å². The molecule has 0 bridgehead atoms. The van der Waals surface area contributed by atoms with Crippen LogP contribution in [0.4, 0.5) is 21.5 Å². The van der Waals surface area contributed by atoms with E-state index in [0.29, 0.717) is 0 Å². The zero-order chi connectivity index (χ0) is 20.1. The third kappa shape index (κ3) is 9.31. The summed E-state index contributed by atoms with van der Waals surface area (Å²) in [6.45, 7) is 4.17. The average Bonchev–Trinajstić information content (AvgIpc) is 2.71. The monoisotopic (exact) mass is 367 g/mol. The number of halogens is 1. The van der Waals surface area contributed by atoms with E-state index in [1.165, 1.54) is 34.6 Å². The number of nitrogens with one attached hydrogen (secondary N) is 3. The van der Waals surface area contributed by atoms with Gasteiger partial charge in [-0.3, -0.25) is 0 Å². The van der Waals surface area contributed by atoms with E-state index in [9.17, 15) is 4.39 Å². The zero-order valence-corrected chi connectivity index (χ0v) is 16.8. The summed E-state index contributed by atoms with van der Waals surface area (Å²) in [7, 11) is 5.64. The molecule has 0 fully saturated rings. The Kier molecular flexibility index (Phi) is 10.1. The van der Waals surface area contributed by atoms with Gasteiger partial charge in [-0.05, 0) is 62.4 Å². The summed E-state index contributed by atoms with van der Waals surface area (Å²) in [5.41, 5.74) is 5.86. The molecule has 0 heterocycles. The van der Waals surface area contributed by atoms with Gasteiger partial charge in [-0.1, -0.05) is 35.4 Å². The van der Waals surface area contributed by atoms with Crippen LogP contribution in [-0.4, -0.2) is 21.1 Å². The van der Waals surface area contributed by atoms with Crippen molar-refractivity contribution in [1.82, 2.24) is 0 Å². The Balaban J connectivity index is 0.000000202. The van der Waals surface area contributed by atoms with Crippen molar-refractivity contribution in [2.45, 2.75) is 13.8 Å². The lowest BCUT2D eigenvalue weighted by molar-refractivity contribution is 0.628. The van der Waals surface area contributed by atoms with Crippen LogP contribution >= 0.6 is 0 Å². The van der Waals surface area contributed by atoms with Crippen LogP contribution in [0.25, 0.3) is 0 Å². The molecular weight excluding hydrogens is 337 g/mol. The highest BCUT2D eigenvalue weighted by Gasteiger charge is 1.87. The first kappa shape index (κ1) is 22.0. The number of rotatable bonds is 3. The maximum absolute atomic E-state index is 12.2. The van der Waals surface area contributed by atoms with E-state index in [-0.39, 0.29) is 5.82 Å². The number of anilines is 3. The second kappa shape index (κ2) is 12.4. The minimum Gasteiger partial charge on any atom is -0.388 e. The average molecular weight is 368 g/mol. The summed E-state index contributed by atoms with van der Waals surface area (Å²) < 4.78 is 12.2. The van der Waals surface area contributed by atoms with Crippen molar-refractivity contribution < 1.29 is 4.39 Å². The van der Waals surface area contributed by atoms with Crippen molar-refractivity contribution in [1.29, 1.82) is 0 Å². The van der Waals surface area contributed by atoms with Crippen molar-refractivity contribution in [2.75, 3.05) is 37.1 Å². The first-order chi connectivity index (χ1) is 13.0. The van der Waals surface area contributed by atoms with Gasteiger partial charge in [0.15, 0.2) is 0 Å². The third-order valence-corrected chi connectivity index (χ3v) is 3.81. The number of aryl methyl sites for hydroxylation is 2. The number of hydrogen-bond acceptors (Lipinski definition) is 3. The molecule has 3 aromatic carbocycles. The SMILES string of the molecule is CNc1ccc(C)cc1.CNc1ccc(C)cc1.CNc1ccc(F)cc1. The summed E-state index contributed by atoms with van der Waals surface area (Å²) in [6.07, 6.45) is 0. The van der Waals surface area contributed by atoms with E-state index in [0.717, 1.165) is 5.69 Å². The molecule has 0 unspecified atom stereocenters. The standard InChI is InChI=1S/2C8H11N.C7H8FN/c2*1-7-3-5-8(9-2)6-4-7;1-9-7-4-2-6(8)3-5-7/h2*3-6,9H,1-2H3;2-5,9H,1H3. The Morgan fingerprint density at radius 2 is 0.741 bits per heavy atom. The summed E-state index contributed by atoms with van der Waals surface area (Å²) in [4.78, 5) is 0. The first-order valence-corrected chi connectivity index (χ1v) is 8.90. The predicted octanol–water partition coefficient (Wildman–Crippen LogP) is 5.94. The Bertz CT molecular complexity index is 643.